The van der Waals surface area contributed by atoms with Crippen molar-refractivity contribution in [1.82, 2.24) is 5.32 Å². The molecule has 10 heavy (non-hydrogen) atoms. The van der Waals surface area contributed by atoms with Crippen LogP contribution >= 0.6 is 11.6 Å². The van der Waals surface area contributed by atoms with E-state index >= 15 is 0 Å². The van der Waals surface area contributed by atoms with E-state index in [4.69, 9.17) is 16.3 Å². The van der Waals surface area contributed by atoms with Gasteiger partial charge in [-0.25, -0.2) is 0 Å². The second kappa shape index (κ2) is 7.32. The summed E-state index contributed by atoms with van der Waals surface area (Å²) in [6.45, 7) is 6.55. The smallest absolute Gasteiger partial charge is 0.0602 e. The summed E-state index contributed by atoms with van der Waals surface area (Å²) in [6.07, 6.45) is 0. The lowest BCUT2D eigenvalue weighted by atomic mass is 10.4. The summed E-state index contributed by atoms with van der Waals surface area (Å²) in [7, 11) is 0. The minimum Gasteiger partial charge on any atom is -0.379 e. The SMILES string of the molecule is CC(C)NCCOCCCl. The lowest BCUT2D eigenvalue weighted by Crippen LogP contribution is -2.26. The van der Waals surface area contributed by atoms with Gasteiger partial charge in [0.05, 0.1) is 13.2 Å². The van der Waals surface area contributed by atoms with Gasteiger partial charge in [-0.05, 0) is 0 Å². The third-order valence-electron chi connectivity index (χ3n) is 1.02. The lowest BCUT2D eigenvalue weighted by molar-refractivity contribution is 0.149. The van der Waals surface area contributed by atoms with Crippen molar-refractivity contribution in [2.24, 2.45) is 0 Å². The fourth-order valence-electron chi connectivity index (χ4n) is 0.576. The zero-order valence-electron chi connectivity index (χ0n) is 6.69. The van der Waals surface area contributed by atoms with Crippen LogP contribution in [-0.4, -0.2) is 31.7 Å². The van der Waals surface area contributed by atoms with E-state index in [1.54, 1.807) is 0 Å². The van der Waals surface area contributed by atoms with Crippen molar-refractivity contribution in [2.75, 3.05) is 25.6 Å². The van der Waals surface area contributed by atoms with Gasteiger partial charge in [0.15, 0.2) is 0 Å². The Kier molecular flexibility index (Phi) is 7.47. The van der Waals surface area contributed by atoms with Crippen LogP contribution < -0.4 is 5.32 Å². The van der Waals surface area contributed by atoms with Gasteiger partial charge >= 0.3 is 0 Å². The summed E-state index contributed by atoms with van der Waals surface area (Å²) in [6, 6.07) is 0.541. The van der Waals surface area contributed by atoms with Crippen molar-refractivity contribution in [1.29, 1.82) is 0 Å². The molecule has 0 aromatic carbocycles. The molecule has 0 radical (unpaired) electrons. The molecule has 1 N–H and O–H groups in total. The maximum atomic E-state index is 5.40. The fraction of sp³-hybridized carbons (Fsp3) is 1.00. The molecule has 2 nitrogen and oxygen atoms in total. The number of halogens is 1. The first kappa shape index (κ1) is 10.2. The normalized spacial score (nSPS) is 10.8. The molecule has 0 saturated carbocycles. The van der Waals surface area contributed by atoms with Gasteiger partial charge in [-0.2, -0.15) is 0 Å². The quantitative estimate of drug-likeness (QED) is 0.473. The number of rotatable bonds is 6. The largest absolute Gasteiger partial charge is 0.379 e. The van der Waals surface area contributed by atoms with Crippen LogP contribution in [0.1, 0.15) is 13.8 Å². The minimum absolute atomic E-state index is 0.541. The average molecular weight is 166 g/mol. The molecule has 0 unspecified atom stereocenters. The molecule has 0 saturated heterocycles. The second-order valence-electron chi connectivity index (χ2n) is 2.41. The maximum Gasteiger partial charge on any atom is 0.0602 e. The topological polar surface area (TPSA) is 21.3 Å². The third-order valence-corrected chi connectivity index (χ3v) is 1.17. The zero-order valence-corrected chi connectivity index (χ0v) is 7.45. The van der Waals surface area contributed by atoms with Gasteiger partial charge < -0.3 is 10.1 Å². The Morgan fingerprint density at radius 3 is 2.60 bits per heavy atom. The molecule has 0 aliphatic carbocycles. The highest BCUT2D eigenvalue weighted by atomic mass is 35.5. The van der Waals surface area contributed by atoms with E-state index in [2.05, 4.69) is 19.2 Å². The molecule has 0 aliphatic heterocycles. The van der Waals surface area contributed by atoms with E-state index in [-0.39, 0.29) is 0 Å². The second-order valence-corrected chi connectivity index (χ2v) is 2.79. The van der Waals surface area contributed by atoms with E-state index in [0.717, 1.165) is 13.2 Å². The van der Waals surface area contributed by atoms with Gasteiger partial charge in [-0.15, -0.1) is 11.6 Å². The summed E-state index contributed by atoms with van der Waals surface area (Å²) in [4.78, 5) is 0. The van der Waals surface area contributed by atoms with Crippen molar-refractivity contribution in [3.8, 4) is 0 Å². The highest BCUT2D eigenvalue weighted by Crippen LogP contribution is 1.79. The Morgan fingerprint density at radius 2 is 2.10 bits per heavy atom. The van der Waals surface area contributed by atoms with Gasteiger partial charge in [0.1, 0.15) is 0 Å². The van der Waals surface area contributed by atoms with Crippen LogP contribution in [0.3, 0.4) is 0 Å². The van der Waals surface area contributed by atoms with Crippen LogP contribution in [0.15, 0.2) is 0 Å². The van der Waals surface area contributed by atoms with Gasteiger partial charge in [0.25, 0.3) is 0 Å². The standard InChI is InChI=1S/C7H16ClNO/c1-7(2)9-4-6-10-5-3-8/h7,9H,3-6H2,1-2H3. The molecule has 0 heterocycles. The number of nitrogens with one attached hydrogen (secondary N) is 1. The fourth-order valence-corrected chi connectivity index (χ4v) is 0.685. The van der Waals surface area contributed by atoms with Crippen molar-refractivity contribution in [3.05, 3.63) is 0 Å². The molecule has 0 aromatic rings. The van der Waals surface area contributed by atoms with E-state index in [1.807, 2.05) is 0 Å². The Hall–Kier alpha value is 0.210. The molecule has 0 rings (SSSR count). The number of ether oxygens (including phenoxy) is 1. The average Bonchev–Trinajstić information content (AvgIpc) is 1.87. The van der Waals surface area contributed by atoms with Crippen molar-refractivity contribution < 1.29 is 4.74 Å². The Balaban J connectivity index is 2.77. The monoisotopic (exact) mass is 165 g/mol. The predicted octanol–water partition coefficient (Wildman–Crippen LogP) is 1.24. The Labute approximate surface area is 67.9 Å². The molecular formula is C7H16ClNO. The highest BCUT2D eigenvalue weighted by molar-refractivity contribution is 6.17. The zero-order chi connectivity index (χ0) is 7.82. The van der Waals surface area contributed by atoms with Gasteiger partial charge in [-0.3, -0.25) is 0 Å². The number of hydrogen-bond acceptors (Lipinski definition) is 2. The van der Waals surface area contributed by atoms with Crippen molar-refractivity contribution in [2.45, 2.75) is 19.9 Å². The van der Waals surface area contributed by atoms with Crippen molar-refractivity contribution in [3.63, 3.8) is 0 Å². The summed E-state index contributed by atoms with van der Waals surface area (Å²) in [5, 5.41) is 3.24. The molecule has 62 valence electrons. The number of hydrogen-bond donors (Lipinski definition) is 1. The molecule has 0 fully saturated rings. The molecule has 3 heteroatoms. The third kappa shape index (κ3) is 8.21. The van der Waals surface area contributed by atoms with E-state index in [9.17, 15) is 0 Å². The van der Waals surface area contributed by atoms with Gasteiger partial charge in [0, 0.05) is 18.5 Å². The molecule has 0 amide bonds. The van der Waals surface area contributed by atoms with E-state index < -0.39 is 0 Å². The molecule has 0 aromatic heterocycles. The number of alkyl halides is 1. The van der Waals surface area contributed by atoms with Crippen LogP contribution in [-0.2, 0) is 4.74 Å². The Morgan fingerprint density at radius 1 is 1.40 bits per heavy atom. The summed E-state index contributed by atoms with van der Waals surface area (Å²) in [5.74, 6) is 0.585. The first-order valence-corrected chi connectivity index (χ1v) is 4.18. The Bertz CT molecular complexity index is 68.6. The summed E-state index contributed by atoms with van der Waals surface area (Å²) >= 11 is 5.40. The molecule has 0 spiro atoms. The van der Waals surface area contributed by atoms with Crippen LogP contribution in [0.4, 0.5) is 0 Å². The molecule has 0 bridgehead atoms. The summed E-state index contributed by atoms with van der Waals surface area (Å²) in [5.41, 5.74) is 0. The van der Waals surface area contributed by atoms with Crippen LogP contribution in [0.5, 0.6) is 0 Å². The van der Waals surface area contributed by atoms with E-state index in [0.29, 0.717) is 18.5 Å². The predicted molar refractivity (Wildman–Crippen MR) is 44.7 cm³/mol. The van der Waals surface area contributed by atoms with Crippen LogP contribution in [0, 0.1) is 0 Å². The molecular weight excluding hydrogens is 150 g/mol. The highest BCUT2D eigenvalue weighted by Gasteiger charge is 1.90. The maximum absolute atomic E-state index is 5.40. The lowest BCUT2D eigenvalue weighted by Gasteiger charge is -2.07. The van der Waals surface area contributed by atoms with Gasteiger partial charge in [-0.1, -0.05) is 13.8 Å². The van der Waals surface area contributed by atoms with Crippen molar-refractivity contribution >= 4 is 11.6 Å². The van der Waals surface area contributed by atoms with Crippen LogP contribution in [0.25, 0.3) is 0 Å². The van der Waals surface area contributed by atoms with E-state index in [1.165, 1.54) is 0 Å². The molecule has 0 atom stereocenters. The summed E-state index contributed by atoms with van der Waals surface area (Å²) < 4.78 is 5.14. The first-order chi connectivity index (χ1) is 4.77. The van der Waals surface area contributed by atoms with Crippen LogP contribution in [0.2, 0.25) is 0 Å². The minimum atomic E-state index is 0.541. The first-order valence-electron chi connectivity index (χ1n) is 3.64. The molecule has 0 aliphatic rings. The van der Waals surface area contributed by atoms with Gasteiger partial charge in [0.2, 0.25) is 0 Å².